The minimum atomic E-state index is 0.0326. The third-order valence-electron chi connectivity index (χ3n) is 3.13. The first-order chi connectivity index (χ1) is 6.92. The van der Waals surface area contributed by atoms with Crippen LogP contribution in [-0.4, -0.2) is 23.4 Å². The lowest BCUT2D eigenvalue weighted by molar-refractivity contribution is 0.516. The third kappa shape index (κ3) is 1.46. The number of nitrogens with zero attached hydrogens (tertiary/aromatic N) is 2. The third-order valence-corrected chi connectivity index (χ3v) is 3.13. The summed E-state index contributed by atoms with van der Waals surface area (Å²) in [5.41, 5.74) is 8.48. The number of amidine groups is 1. The van der Waals surface area contributed by atoms with Gasteiger partial charge in [-0.25, -0.2) is 0 Å². The summed E-state index contributed by atoms with van der Waals surface area (Å²) < 4.78 is 0. The van der Waals surface area contributed by atoms with Gasteiger partial charge in [0.2, 0.25) is 0 Å². The molecule has 0 fully saturated rings. The minimum Gasteiger partial charge on any atom is -0.382 e. The standard InChI is InChI=1S/C11H16N4/c1-11(2)5-7-4-8(10(12)13)14-6-9(7)15(11)3/h4,6H,5H2,1-3H3,(H3,12,13). The number of rotatable bonds is 1. The fraction of sp³-hybridized carbons (Fsp3) is 0.455. The summed E-state index contributed by atoms with van der Waals surface area (Å²) in [4.78, 5) is 6.40. The second-order valence-electron chi connectivity index (χ2n) is 4.66. The zero-order valence-electron chi connectivity index (χ0n) is 9.33. The first-order valence-corrected chi connectivity index (χ1v) is 4.99. The lowest BCUT2D eigenvalue weighted by atomic mass is 9.99. The van der Waals surface area contributed by atoms with E-state index >= 15 is 0 Å². The quantitative estimate of drug-likeness (QED) is 0.532. The van der Waals surface area contributed by atoms with E-state index in [2.05, 4.69) is 30.8 Å². The molecule has 3 N–H and O–H groups in total. The predicted molar refractivity (Wildman–Crippen MR) is 61.4 cm³/mol. The molecule has 0 saturated carbocycles. The molecule has 2 rings (SSSR count). The molecule has 0 aromatic carbocycles. The van der Waals surface area contributed by atoms with Gasteiger partial charge in [0.1, 0.15) is 11.5 Å². The van der Waals surface area contributed by atoms with Gasteiger partial charge < -0.3 is 10.6 Å². The fourth-order valence-corrected chi connectivity index (χ4v) is 1.99. The second kappa shape index (κ2) is 2.95. The van der Waals surface area contributed by atoms with E-state index in [-0.39, 0.29) is 11.4 Å². The van der Waals surface area contributed by atoms with Crippen LogP contribution in [0, 0.1) is 5.41 Å². The van der Waals surface area contributed by atoms with Crippen molar-refractivity contribution in [2.75, 3.05) is 11.9 Å². The van der Waals surface area contributed by atoms with Gasteiger partial charge >= 0.3 is 0 Å². The Kier molecular flexibility index (Phi) is 1.96. The van der Waals surface area contributed by atoms with Gasteiger partial charge in [0.25, 0.3) is 0 Å². The van der Waals surface area contributed by atoms with Crippen molar-refractivity contribution >= 4 is 11.5 Å². The molecular weight excluding hydrogens is 188 g/mol. The van der Waals surface area contributed by atoms with E-state index in [0.29, 0.717) is 5.69 Å². The van der Waals surface area contributed by atoms with Crippen LogP contribution in [0.5, 0.6) is 0 Å². The van der Waals surface area contributed by atoms with Crippen molar-refractivity contribution in [3.63, 3.8) is 0 Å². The Morgan fingerprint density at radius 1 is 1.60 bits per heavy atom. The van der Waals surface area contributed by atoms with Gasteiger partial charge in [-0.2, -0.15) is 0 Å². The van der Waals surface area contributed by atoms with Gasteiger partial charge in [-0.15, -0.1) is 0 Å². The van der Waals surface area contributed by atoms with Crippen molar-refractivity contribution in [3.05, 3.63) is 23.5 Å². The zero-order chi connectivity index (χ0) is 11.2. The molecule has 0 unspecified atom stereocenters. The van der Waals surface area contributed by atoms with Crippen LogP contribution in [0.25, 0.3) is 0 Å². The van der Waals surface area contributed by atoms with E-state index in [9.17, 15) is 0 Å². The Bertz CT molecular complexity index is 423. The number of anilines is 1. The summed E-state index contributed by atoms with van der Waals surface area (Å²) in [5.74, 6) is 0.0326. The summed E-state index contributed by atoms with van der Waals surface area (Å²) in [6.45, 7) is 4.39. The van der Waals surface area contributed by atoms with Crippen molar-refractivity contribution in [2.24, 2.45) is 5.73 Å². The Balaban J connectivity index is 2.47. The summed E-state index contributed by atoms with van der Waals surface area (Å²) in [7, 11) is 2.07. The largest absolute Gasteiger partial charge is 0.382 e. The van der Waals surface area contributed by atoms with Gasteiger partial charge in [0.15, 0.2) is 0 Å². The summed E-state index contributed by atoms with van der Waals surface area (Å²) in [5, 5.41) is 7.35. The van der Waals surface area contributed by atoms with Crippen molar-refractivity contribution in [1.29, 1.82) is 5.41 Å². The molecule has 15 heavy (non-hydrogen) atoms. The van der Waals surface area contributed by atoms with Crippen LogP contribution in [-0.2, 0) is 6.42 Å². The normalized spacial score (nSPS) is 17.7. The van der Waals surface area contributed by atoms with Gasteiger partial charge in [-0.05, 0) is 31.9 Å². The Morgan fingerprint density at radius 2 is 2.27 bits per heavy atom. The minimum absolute atomic E-state index is 0.0326. The van der Waals surface area contributed by atoms with Crippen LogP contribution < -0.4 is 10.6 Å². The van der Waals surface area contributed by atoms with Gasteiger partial charge in [-0.3, -0.25) is 10.4 Å². The lowest BCUT2D eigenvalue weighted by Crippen LogP contribution is -2.37. The van der Waals surface area contributed by atoms with E-state index in [4.69, 9.17) is 11.1 Å². The SMILES string of the molecule is CN1c2cnc(C(=N)N)cc2CC1(C)C. The maximum atomic E-state index is 7.35. The first-order valence-electron chi connectivity index (χ1n) is 4.99. The van der Waals surface area contributed by atoms with Gasteiger partial charge in [-0.1, -0.05) is 0 Å². The number of likely N-dealkylation sites (N-methyl/N-ethyl adjacent to an activating group) is 1. The molecule has 4 heteroatoms. The van der Waals surface area contributed by atoms with Gasteiger partial charge in [0, 0.05) is 12.6 Å². The molecule has 0 spiro atoms. The van der Waals surface area contributed by atoms with E-state index in [0.717, 1.165) is 12.1 Å². The number of fused-ring (bicyclic) bond motifs is 1. The lowest BCUT2D eigenvalue weighted by Gasteiger charge is -2.29. The Labute approximate surface area is 89.6 Å². The fourth-order valence-electron chi connectivity index (χ4n) is 1.99. The highest BCUT2D eigenvalue weighted by molar-refractivity contribution is 5.93. The van der Waals surface area contributed by atoms with Gasteiger partial charge in [0.05, 0.1) is 11.9 Å². The van der Waals surface area contributed by atoms with Crippen molar-refractivity contribution in [3.8, 4) is 0 Å². The number of hydrogen-bond acceptors (Lipinski definition) is 3. The van der Waals surface area contributed by atoms with E-state index in [1.54, 1.807) is 6.20 Å². The zero-order valence-corrected chi connectivity index (χ0v) is 9.33. The van der Waals surface area contributed by atoms with E-state index in [1.165, 1.54) is 5.56 Å². The van der Waals surface area contributed by atoms with Crippen LogP contribution in [0.4, 0.5) is 5.69 Å². The molecule has 0 bridgehead atoms. The topological polar surface area (TPSA) is 66.0 Å². The molecule has 0 radical (unpaired) electrons. The molecule has 80 valence electrons. The van der Waals surface area contributed by atoms with E-state index in [1.807, 2.05) is 6.07 Å². The number of nitrogens with one attached hydrogen (secondary N) is 1. The molecule has 0 atom stereocenters. The number of hydrogen-bond donors (Lipinski definition) is 2. The average Bonchev–Trinajstić information content (AvgIpc) is 2.37. The molecule has 0 saturated heterocycles. The number of nitrogens with two attached hydrogens (primary N) is 1. The number of pyridine rings is 1. The van der Waals surface area contributed by atoms with Crippen molar-refractivity contribution in [2.45, 2.75) is 25.8 Å². The molecule has 0 aliphatic carbocycles. The van der Waals surface area contributed by atoms with Crippen LogP contribution >= 0.6 is 0 Å². The average molecular weight is 204 g/mol. The van der Waals surface area contributed by atoms with E-state index < -0.39 is 0 Å². The smallest absolute Gasteiger partial charge is 0.141 e. The molecule has 0 amide bonds. The van der Waals surface area contributed by atoms with Crippen molar-refractivity contribution < 1.29 is 0 Å². The summed E-state index contributed by atoms with van der Waals surface area (Å²) in [6, 6.07) is 1.92. The molecule has 2 heterocycles. The molecule has 1 aromatic heterocycles. The number of nitrogen functional groups attached to an aromatic ring is 1. The molecule has 1 aromatic rings. The molecule has 1 aliphatic rings. The highest BCUT2D eigenvalue weighted by atomic mass is 15.2. The maximum Gasteiger partial charge on any atom is 0.141 e. The first kappa shape index (κ1) is 9.96. The van der Waals surface area contributed by atoms with Crippen LogP contribution in [0.2, 0.25) is 0 Å². The predicted octanol–water partition coefficient (Wildman–Crippen LogP) is 1.14. The van der Waals surface area contributed by atoms with Crippen LogP contribution in [0.1, 0.15) is 25.1 Å². The summed E-state index contributed by atoms with van der Waals surface area (Å²) in [6.07, 6.45) is 2.78. The molecule has 1 aliphatic heterocycles. The monoisotopic (exact) mass is 204 g/mol. The second-order valence-corrected chi connectivity index (χ2v) is 4.66. The van der Waals surface area contributed by atoms with Crippen molar-refractivity contribution in [1.82, 2.24) is 4.98 Å². The number of aromatic nitrogens is 1. The highest BCUT2D eigenvalue weighted by Crippen LogP contribution is 2.36. The Morgan fingerprint density at radius 3 is 2.87 bits per heavy atom. The summed E-state index contributed by atoms with van der Waals surface area (Å²) >= 11 is 0. The van der Waals surface area contributed by atoms with Crippen LogP contribution in [0.15, 0.2) is 12.3 Å². The van der Waals surface area contributed by atoms with Crippen LogP contribution in [0.3, 0.4) is 0 Å². The highest BCUT2D eigenvalue weighted by Gasteiger charge is 2.33. The molecule has 4 nitrogen and oxygen atoms in total. The maximum absolute atomic E-state index is 7.35. The molecular formula is C11H16N4. The Hall–Kier alpha value is -1.58.